The van der Waals surface area contributed by atoms with Crippen LogP contribution in [0.2, 0.25) is 10.0 Å². The summed E-state index contributed by atoms with van der Waals surface area (Å²) in [5.74, 6) is -0.957. The summed E-state index contributed by atoms with van der Waals surface area (Å²) >= 11 is 12.0. The normalized spacial score (nSPS) is 14.9. The second-order valence-corrected chi connectivity index (χ2v) is 7.37. The van der Waals surface area contributed by atoms with Gasteiger partial charge in [-0.05, 0) is 42.7 Å². The molecular weight excluding hydrogens is 390 g/mol. The van der Waals surface area contributed by atoms with Gasteiger partial charge in [0.2, 0.25) is 5.91 Å². The fourth-order valence-electron chi connectivity index (χ4n) is 3.15. The number of halogens is 3. The van der Waals surface area contributed by atoms with E-state index in [0.717, 1.165) is 0 Å². The largest absolute Gasteiger partial charge is 0.353 e. The topological polar surface area (TPSA) is 49.4 Å². The maximum atomic E-state index is 13.8. The van der Waals surface area contributed by atoms with E-state index in [-0.39, 0.29) is 29.8 Å². The van der Waals surface area contributed by atoms with Crippen LogP contribution in [0.3, 0.4) is 0 Å². The van der Waals surface area contributed by atoms with Gasteiger partial charge >= 0.3 is 0 Å². The predicted molar refractivity (Wildman–Crippen MR) is 104 cm³/mol. The molecule has 0 saturated carbocycles. The highest BCUT2D eigenvalue weighted by Gasteiger charge is 2.26. The van der Waals surface area contributed by atoms with Crippen LogP contribution in [0.25, 0.3) is 0 Å². The maximum Gasteiger partial charge on any atom is 0.256 e. The summed E-state index contributed by atoms with van der Waals surface area (Å²) in [5.41, 5.74) is 0.795. The molecule has 1 saturated heterocycles. The summed E-state index contributed by atoms with van der Waals surface area (Å²) in [6.45, 7) is 0.944. The van der Waals surface area contributed by atoms with Gasteiger partial charge in [-0.1, -0.05) is 41.4 Å². The van der Waals surface area contributed by atoms with Crippen molar-refractivity contribution in [3.63, 3.8) is 0 Å². The van der Waals surface area contributed by atoms with E-state index in [1.807, 2.05) is 0 Å². The van der Waals surface area contributed by atoms with Crippen molar-refractivity contribution in [1.29, 1.82) is 0 Å². The van der Waals surface area contributed by atoms with E-state index in [4.69, 9.17) is 23.2 Å². The van der Waals surface area contributed by atoms with E-state index in [2.05, 4.69) is 5.32 Å². The van der Waals surface area contributed by atoms with Crippen LogP contribution in [0.1, 0.15) is 28.8 Å². The van der Waals surface area contributed by atoms with Gasteiger partial charge in [0.25, 0.3) is 5.91 Å². The van der Waals surface area contributed by atoms with Gasteiger partial charge in [-0.2, -0.15) is 0 Å². The molecule has 2 amide bonds. The Morgan fingerprint density at radius 1 is 1.11 bits per heavy atom. The molecule has 0 aliphatic carbocycles. The lowest BCUT2D eigenvalue weighted by Gasteiger charge is -2.32. The van der Waals surface area contributed by atoms with Crippen molar-refractivity contribution in [2.75, 3.05) is 13.1 Å². The van der Waals surface area contributed by atoms with Crippen LogP contribution in [0, 0.1) is 5.82 Å². The first-order chi connectivity index (χ1) is 12.9. The molecule has 142 valence electrons. The van der Waals surface area contributed by atoms with Crippen LogP contribution in [-0.2, 0) is 11.2 Å². The minimum Gasteiger partial charge on any atom is -0.353 e. The molecule has 3 rings (SSSR count). The zero-order chi connectivity index (χ0) is 19.4. The Hall–Kier alpha value is -2.11. The lowest BCUT2D eigenvalue weighted by Crippen LogP contribution is -2.47. The van der Waals surface area contributed by atoms with E-state index in [0.29, 0.717) is 41.5 Å². The molecule has 1 aliphatic rings. The van der Waals surface area contributed by atoms with Gasteiger partial charge in [-0.25, -0.2) is 4.39 Å². The number of hydrogen-bond donors (Lipinski definition) is 1. The Balaban J connectivity index is 1.51. The molecule has 0 aromatic heterocycles. The number of amides is 2. The summed E-state index contributed by atoms with van der Waals surface area (Å²) in [4.78, 5) is 26.3. The molecule has 4 nitrogen and oxygen atoms in total. The van der Waals surface area contributed by atoms with Crippen LogP contribution < -0.4 is 5.32 Å². The van der Waals surface area contributed by atoms with E-state index in [1.165, 1.54) is 12.1 Å². The van der Waals surface area contributed by atoms with E-state index < -0.39 is 5.82 Å². The van der Waals surface area contributed by atoms with Crippen molar-refractivity contribution < 1.29 is 14.0 Å². The molecule has 0 radical (unpaired) electrons. The lowest BCUT2D eigenvalue weighted by atomic mass is 10.0. The smallest absolute Gasteiger partial charge is 0.256 e. The Labute approximate surface area is 167 Å². The summed E-state index contributed by atoms with van der Waals surface area (Å²) in [6, 6.07) is 11.0. The fraction of sp³-hybridized carbons (Fsp3) is 0.300. The van der Waals surface area contributed by atoms with Crippen LogP contribution >= 0.6 is 23.2 Å². The molecule has 2 aromatic rings. The molecule has 0 atom stereocenters. The second kappa shape index (κ2) is 8.72. The van der Waals surface area contributed by atoms with Gasteiger partial charge < -0.3 is 10.2 Å². The number of carbonyl (C=O) groups is 2. The Morgan fingerprint density at radius 3 is 2.48 bits per heavy atom. The molecule has 7 heteroatoms. The zero-order valence-electron chi connectivity index (χ0n) is 14.6. The number of piperidine rings is 1. The number of benzene rings is 2. The number of nitrogens with zero attached hydrogens (tertiary/aromatic N) is 1. The molecule has 0 bridgehead atoms. The third-order valence-electron chi connectivity index (χ3n) is 4.62. The van der Waals surface area contributed by atoms with Crippen molar-refractivity contribution >= 4 is 35.0 Å². The molecule has 0 unspecified atom stereocenters. The molecular formula is C20H19Cl2FN2O2. The first-order valence-corrected chi connectivity index (χ1v) is 9.46. The van der Waals surface area contributed by atoms with Gasteiger partial charge in [0.15, 0.2) is 0 Å². The standard InChI is InChI=1S/C20H19Cl2FN2O2/c21-14-6-5-13(17(22)12-14)11-19(26)24-15-7-9-25(10-8-15)20(27)16-3-1-2-4-18(16)23/h1-6,12,15H,7-11H2,(H,24,26). The molecule has 1 aliphatic heterocycles. The second-order valence-electron chi connectivity index (χ2n) is 6.53. The van der Waals surface area contributed by atoms with Gasteiger partial charge in [0.05, 0.1) is 12.0 Å². The van der Waals surface area contributed by atoms with E-state index >= 15 is 0 Å². The first-order valence-electron chi connectivity index (χ1n) is 8.71. The van der Waals surface area contributed by atoms with Crippen molar-refractivity contribution in [1.82, 2.24) is 10.2 Å². The summed E-state index contributed by atoms with van der Waals surface area (Å²) in [7, 11) is 0. The minimum absolute atomic E-state index is 0.0201. The highest BCUT2D eigenvalue weighted by Crippen LogP contribution is 2.22. The Morgan fingerprint density at radius 2 is 1.81 bits per heavy atom. The van der Waals surface area contributed by atoms with Crippen LogP contribution in [0.4, 0.5) is 4.39 Å². The maximum absolute atomic E-state index is 13.8. The summed E-state index contributed by atoms with van der Waals surface area (Å²) in [5, 5.41) is 3.96. The van der Waals surface area contributed by atoms with Crippen LogP contribution in [0.5, 0.6) is 0 Å². The van der Waals surface area contributed by atoms with Crippen LogP contribution in [0.15, 0.2) is 42.5 Å². The Kier molecular flexibility index (Phi) is 6.34. The van der Waals surface area contributed by atoms with Crippen molar-refractivity contribution in [2.45, 2.75) is 25.3 Å². The van der Waals surface area contributed by atoms with Gasteiger partial charge in [0, 0.05) is 29.2 Å². The number of rotatable bonds is 4. The fourth-order valence-corrected chi connectivity index (χ4v) is 3.62. The monoisotopic (exact) mass is 408 g/mol. The van der Waals surface area contributed by atoms with E-state index in [1.54, 1.807) is 35.2 Å². The highest BCUT2D eigenvalue weighted by atomic mass is 35.5. The first kappa shape index (κ1) is 19.6. The molecule has 1 heterocycles. The SMILES string of the molecule is O=C(Cc1ccc(Cl)cc1Cl)NC1CCN(C(=O)c2ccccc2F)CC1. The molecule has 1 fully saturated rings. The number of hydrogen-bond acceptors (Lipinski definition) is 2. The average Bonchev–Trinajstić information content (AvgIpc) is 2.64. The zero-order valence-corrected chi connectivity index (χ0v) is 16.1. The predicted octanol–water partition coefficient (Wildman–Crippen LogP) is 4.10. The van der Waals surface area contributed by atoms with Crippen LogP contribution in [-0.4, -0.2) is 35.8 Å². The molecule has 0 spiro atoms. The summed E-state index contributed by atoms with van der Waals surface area (Å²) < 4.78 is 13.8. The number of likely N-dealkylation sites (tertiary alicyclic amines) is 1. The third kappa shape index (κ3) is 4.99. The highest BCUT2D eigenvalue weighted by molar-refractivity contribution is 6.35. The Bertz CT molecular complexity index is 852. The van der Waals surface area contributed by atoms with Gasteiger partial charge in [0.1, 0.15) is 5.82 Å². The number of carbonyl (C=O) groups excluding carboxylic acids is 2. The van der Waals surface area contributed by atoms with Gasteiger partial charge in [-0.15, -0.1) is 0 Å². The third-order valence-corrected chi connectivity index (χ3v) is 5.20. The molecule has 27 heavy (non-hydrogen) atoms. The average molecular weight is 409 g/mol. The minimum atomic E-state index is -0.516. The number of nitrogens with one attached hydrogen (secondary N) is 1. The lowest BCUT2D eigenvalue weighted by molar-refractivity contribution is -0.121. The van der Waals surface area contributed by atoms with Gasteiger partial charge in [-0.3, -0.25) is 9.59 Å². The van der Waals surface area contributed by atoms with E-state index in [9.17, 15) is 14.0 Å². The molecule has 1 N–H and O–H groups in total. The van der Waals surface area contributed by atoms with Crippen molar-refractivity contribution in [3.05, 3.63) is 69.5 Å². The quantitative estimate of drug-likeness (QED) is 0.827. The van der Waals surface area contributed by atoms with Crippen molar-refractivity contribution in [3.8, 4) is 0 Å². The van der Waals surface area contributed by atoms with Crippen molar-refractivity contribution in [2.24, 2.45) is 0 Å². The summed E-state index contributed by atoms with van der Waals surface area (Å²) in [6.07, 6.45) is 1.42. The molecule has 2 aromatic carbocycles.